The molecule has 1 aromatic carbocycles. The highest BCUT2D eigenvalue weighted by molar-refractivity contribution is 5.99. The number of morpholine rings is 1. The number of anilines is 1. The van der Waals surface area contributed by atoms with Crippen molar-refractivity contribution in [1.82, 2.24) is 4.90 Å². The molecule has 108 valence electrons. The molecule has 0 spiro atoms. The van der Waals surface area contributed by atoms with E-state index >= 15 is 0 Å². The van der Waals surface area contributed by atoms with Crippen LogP contribution in [0.2, 0.25) is 0 Å². The lowest BCUT2D eigenvalue weighted by molar-refractivity contribution is -0.115. The van der Waals surface area contributed by atoms with Crippen LogP contribution in [0.5, 0.6) is 0 Å². The first-order chi connectivity index (χ1) is 9.69. The summed E-state index contributed by atoms with van der Waals surface area (Å²) in [6.07, 6.45) is 1.72. The van der Waals surface area contributed by atoms with Gasteiger partial charge >= 0.3 is 0 Å². The molecule has 2 heterocycles. The highest BCUT2D eigenvalue weighted by Crippen LogP contribution is 2.34. The molecule has 1 fully saturated rings. The van der Waals surface area contributed by atoms with Gasteiger partial charge in [0.05, 0.1) is 19.1 Å². The molecule has 0 aliphatic carbocycles. The Morgan fingerprint density at radius 1 is 1.45 bits per heavy atom. The molecule has 2 aliphatic heterocycles. The normalized spacial score (nSPS) is 26.4. The maximum atomic E-state index is 11.6. The van der Waals surface area contributed by atoms with Crippen molar-refractivity contribution in [2.75, 3.05) is 25.0 Å². The summed E-state index contributed by atoms with van der Waals surface area (Å²) in [6, 6.07) is 6.55. The van der Waals surface area contributed by atoms with Crippen molar-refractivity contribution in [3.05, 3.63) is 29.3 Å². The Morgan fingerprint density at radius 2 is 2.30 bits per heavy atom. The van der Waals surface area contributed by atoms with Gasteiger partial charge in [-0.1, -0.05) is 19.1 Å². The van der Waals surface area contributed by atoms with Crippen molar-refractivity contribution in [2.45, 2.75) is 38.8 Å². The number of rotatable bonds is 3. The SMILES string of the molecule is CCCN1C[C@@H](c2cccc3c2CC(=O)N3)OCC1C. The van der Waals surface area contributed by atoms with Gasteiger partial charge < -0.3 is 10.1 Å². The van der Waals surface area contributed by atoms with Crippen LogP contribution in [0.1, 0.15) is 37.5 Å². The molecule has 2 atom stereocenters. The second kappa shape index (κ2) is 5.54. The summed E-state index contributed by atoms with van der Waals surface area (Å²) < 4.78 is 6.03. The Bertz CT molecular complexity index is 515. The van der Waals surface area contributed by atoms with Gasteiger partial charge in [-0.3, -0.25) is 9.69 Å². The molecule has 1 unspecified atom stereocenters. The van der Waals surface area contributed by atoms with E-state index in [1.54, 1.807) is 0 Å². The molecule has 1 aromatic rings. The number of carbonyl (C=O) groups is 1. The van der Waals surface area contributed by atoms with Crippen LogP contribution >= 0.6 is 0 Å². The van der Waals surface area contributed by atoms with Crippen LogP contribution in [0.4, 0.5) is 5.69 Å². The summed E-state index contributed by atoms with van der Waals surface area (Å²) in [5.41, 5.74) is 3.25. The summed E-state index contributed by atoms with van der Waals surface area (Å²) in [5.74, 6) is 0.0852. The number of amides is 1. The van der Waals surface area contributed by atoms with Gasteiger partial charge in [-0.2, -0.15) is 0 Å². The standard InChI is InChI=1S/C16H22N2O2/c1-3-7-18-9-15(20-10-11(18)2)12-5-4-6-14-13(12)8-16(19)17-14/h4-6,11,15H,3,7-10H2,1-2H3,(H,17,19)/t11?,15-/m0/s1. The number of carbonyl (C=O) groups excluding carboxylic acids is 1. The third-order valence-electron chi connectivity index (χ3n) is 4.24. The minimum atomic E-state index is 0.0837. The Labute approximate surface area is 120 Å². The maximum Gasteiger partial charge on any atom is 0.228 e. The van der Waals surface area contributed by atoms with Crippen LogP contribution in [-0.4, -0.2) is 36.5 Å². The third kappa shape index (κ3) is 2.45. The van der Waals surface area contributed by atoms with Crippen molar-refractivity contribution < 1.29 is 9.53 Å². The highest BCUT2D eigenvalue weighted by atomic mass is 16.5. The van der Waals surface area contributed by atoms with Gasteiger partial charge in [-0.05, 0) is 37.1 Å². The topological polar surface area (TPSA) is 41.6 Å². The smallest absolute Gasteiger partial charge is 0.228 e. The van der Waals surface area contributed by atoms with Crippen LogP contribution in [0.3, 0.4) is 0 Å². The lowest BCUT2D eigenvalue weighted by Crippen LogP contribution is -2.45. The largest absolute Gasteiger partial charge is 0.371 e. The molecule has 4 heteroatoms. The van der Waals surface area contributed by atoms with Gasteiger partial charge in [-0.25, -0.2) is 0 Å². The fourth-order valence-electron chi connectivity index (χ4n) is 3.17. The zero-order chi connectivity index (χ0) is 14.1. The molecule has 1 saturated heterocycles. The molecule has 3 rings (SSSR count). The maximum absolute atomic E-state index is 11.6. The molecule has 20 heavy (non-hydrogen) atoms. The van der Waals surface area contributed by atoms with E-state index < -0.39 is 0 Å². The van der Waals surface area contributed by atoms with Crippen LogP contribution in [-0.2, 0) is 16.0 Å². The summed E-state index contributed by atoms with van der Waals surface area (Å²) in [7, 11) is 0. The Morgan fingerprint density at radius 3 is 3.10 bits per heavy atom. The van der Waals surface area contributed by atoms with E-state index in [1.165, 1.54) is 5.56 Å². The van der Waals surface area contributed by atoms with Crippen molar-refractivity contribution >= 4 is 11.6 Å². The van der Waals surface area contributed by atoms with Gasteiger partial charge in [-0.15, -0.1) is 0 Å². The second-order valence-corrected chi connectivity index (χ2v) is 5.76. The molecule has 1 amide bonds. The van der Waals surface area contributed by atoms with E-state index in [0.717, 1.165) is 37.4 Å². The molecular weight excluding hydrogens is 252 g/mol. The third-order valence-corrected chi connectivity index (χ3v) is 4.24. The van der Waals surface area contributed by atoms with E-state index in [-0.39, 0.29) is 12.0 Å². The van der Waals surface area contributed by atoms with Crippen molar-refractivity contribution in [1.29, 1.82) is 0 Å². The van der Waals surface area contributed by atoms with E-state index in [2.05, 4.69) is 30.1 Å². The van der Waals surface area contributed by atoms with E-state index in [0.29, 0.717) is 12.5 Å². The zero-order valence-corrected chi connectivity index (χ0v) is 12.2. The molecule has 1 N–H and O–H groups in total. The number of benzene rings is 1. The lowest BCUT2D eigenvalue weighted by atomic mass is 9.98. The number of nitrogens with one attached hydrogen (secondary N) is 1. The molecule has 0 radical (unpaired) electrons. The Kier molecular flexibility index (Phi) is 3.76. The Hall–Kier alpha value is -1.39. The highest BCUT2D eigenvalue weighted by Gasteiger charge is 2.30. The summed E-state index contributed by atoms with van der Waals surface area (Å²) in [4.78, 5) is 14.1. The lowest BCUT2D eigenvalue weighted by Gasteiger charge is -2.38. The van der Waals surface area contributed by atoms with Crippen molar-refractivity contribution in [3.8, 4) is 0 Å². The first kappa shape index (κ1) is 13.6. The number of nitrogens with zero attached hydrogens (tertiary/aromatic N) is 1. The number of hydrogen-bond donors (Lipinski definition) is 1. The first-order valence-electron chi connectivity index (χ1n) is 7.46. The predicted octanol–water partition coefficient (Wildman–Crippen LogP) is 2.35. The fourth-order valence-corrected chi connectivity index (χ4v) is 3.17. The predicted molar refractivity (Wildman–Crippen MR) is 78.8 cm³/mol. The van der Waals surface area contributed by atoms with Gasteiger partial charge in [0.15, 0.2) is 0 Å². The van der Waals surface area contributed by atoms with Crippen LogP contribution in [0.15, 0.2) is 18.2 Å². The van der Waals surface area contributed by atoms with Gasteiger partial charge in [0.25, 0.3) is 0 Å². The average molecular weight is 274 g/mol. The Balaban J connectivity index is 1.83. The quantitative estimate of drug-likeness (QED) is 0.920. The molecular formula is C16H22N2O2. The van der Waals surface area contributed by atoms with Crippen molar-refractivity contribution in [2.24, 2.45) is 0 Å². The minimum Gasteiger partial charge on any atom is -0.371 e. The number of ether oxygens (including phenoxy) is 1. The van der Waals surface area contributed by atoms with E-state index in [1.807, 2.05) is 12.1 Å². The van der Waals surface area contributed by atoms with Crippen LogP contribution in [0, 0.1) is 0 Å². The van der Waals surface area contributed by atoms with Gasteiger partial charge in [0, 0.05) is 18.3 Å². The first-order valence-corrected chi connectivity index (χ1v) is 7.46. The van der Waals surface area contributed by atoms with Crippen LogP contribution < -0.4 is 5.32 Å². The van der Waals surface area contributed by atoms with Gasteiger partial charge in [0.2, 0.25) is 5.91 Å². The number of fused-ring (bicyclic) bond motifs is 1. The summed E-state index contributed by atoms with van der Waals surface area (Å²) in [6.45, 7) is 7.20. The molecule has 4 nitrogen and oxygen atoms in total. The van der Waals surface area contributed by atoms with Crippen LogP contribution in [0.25, 0.3) is 0 Å². The molecule has 2 aliphatic rings. The van der Waals surface area contributed by atoms with Gasteiger partial charge in [0.1, 0.15) is 0 Å². The van der Waals surface area contributed by atoms with E-state index in [9.17, 15) is 4.79 Å². The van der Waals surface area contributed by atoms with Crippen molar-refractivity contribution in [3.63, 3.8) is 0 Å². The number of hydrogen-bond acceptors (Lipinski definition) is 3. The summed E-state index contributed by atoms with van der Waals surface area (Å²) >= 11 is 0. The average Bonchev–Trinajstić information content (AvgIpc) is 2.81. The molecule has 0 saturated carbocycles. The summed E-state index contributed by atoms with van der Waals surface area (Å²) in [5, 5.41) is 2.91. The van der Waals surface area contributed by atoms with E-state index in [4.69, 9.17) is 4.74 Å². The second-order valence-electron chi connectivity index (χ2n) is 5.76. The monoisotopic (exact) mass is 274 g/mol. The molecule has 0 bridgehead atoms. The zero-order valence-electron chi connectivity index (χ0n) is 12.2. The molecule has 0 aromatic heterocycles. The fraction of sp³-hybridized carbons (Fsp3) is 0.562. The minimum absolute atomic E-state index is 0.0837.